The van der Waals surface area contributed by atoms with Gasteiger partial charge < -0.3 is 4.42 Å². The average molecular weight is 231 g/mol. The molecular formula is C13H10FNO2. The van der Waals surface area contributed by atoms with Crippen molar-refractivity contribution in [1.82, 2.24) is 4.98 Å². The van der Waals surface area contributed by atoms with Gasteiger partial charge in [-0.15, -0.1) is 0 Å². The minimum Gasteiger partial charge on any atom is -0.440 e. The van der Waals surface area contributed by atoms with Crippen LogP contribution in [0.1, 0.15) is 29.1 Å². The smallest absolute Gasteiger partial charge is 0.226 e. The molecule has 4 heteroatoms. The fourth-order valence-corrected chi connectivity index (χ4v) is 1.98. The number of benzene rings is 1. The molecule has 0 unspecified atom stereocenters. The maximum absolute atomic E-state index is 12.8. The van der Waals surface area contributed by atoms with Crippen LogP contribution in [0.25, 0.3) is 11.5 Å². The van der Waals surface area contributed by atoms with Crippen molar-refractivity contribution in [2.24, 2.45) is 0 Å². The van der Waals surface area contributed by atoms with Crippen LogP contribution in [0.3, 0.4) is 0 Å². The van der Waals surface area contributed by atoms with E-state index in [1.54, 1.807) is 12.1 Å². The first-order chi connectivity index (χ1) is 8.24. The Hall–Kier alpha value is -1.97. The van der Waals surface area contributed by atoms with Gasteiger partial charge in [-0.1, -0.05) is 0 Å². The lowest BCUT2D eigenvalue weighted by Gasteiger charge is -2.04. The molecule has 1 aromatic carbocycles. The molecule has 0 bridgehead atoms. The van der Waals surface area contributed by atoms with Crippen LogP contribution in [0, 0.1) is 5.82 Å². The highest BCUT2D eigenvalue weighted by molar-refractivity contribution is 5.96. The molecule has 1 aromatic heterocycles. The van der Waals surface area contributed by atoms with Crippen LogP contribution in [0.2, 0.25) is 0 Å². The largest absolute Gasteiger partial charge is 0.440 e. The molecular weight excluding hydrogens is 221 g/mol. The fraction of sp³-hybridized carbons (Fsp3) is 0.231. The average Bonchev–Trinajstić information content (AvgIpc) is 2.75. The summed E-state index contributed by atoms with van der Waals surface area (Å²) in [5.74, 6) is 0.773. The van der Waals surface area contributed by atoms with Gasteiger partial charge in [-0.3, -0.25) is 4.79 Å². The molecule has 0 radical (unpaired) electrons. The third-order valence-corrected chi connectivity index (χ3v) is 2.86. The van der Waals surface area contributed by atoms with Crippen LogP contribution in [0.5, 0.6) is 0 Å². The number of rotatable bonds is 1. The van der Waals surface area contributed by atoms with Gasteiger partial charge in [0.25, 0.3) is 0 Å². The van der Waals surface area contributed by atoms with E-state index in [0.29, 0.717) is 29.3 Å². The van der Waals surface area contributed by atoms with Gasteiger partial charge in [-0.05, 0) is 30.7 Å². The van der Waals surface area contributed by atoms with Gasteiger partial charge in [-0.2, -0.15) is 0 Å². The summed E-state index contributed by atoms with van der Waals surface area (Å²) in [5.41, 5.74) is 1.13. The Morgan fingerprint density at radius 2 is 1.94 bits per heavy atom. The van der Waals surface area contributed by atoms with Gasteiger partial charge in [-0.25, -0.2) is 9.37 Å². The van der Waals surface area contributed by atoms with Gasteiger partial charge in [0.15, 0.2) is 5.78 Å². The number of fused-ring (bicyclic) bond motifs is 1. The number of carbonyl (C=O) groups is 1. The zero-order valence-corrected chi connectivity index (χ0v) is 9.07. The fourth-order valence-electron chi connectivity index (χ4n) is 1.98. The molecule has 0 amide bonds. The minimum atomic E-state index is -0.304. The number of nitrogens with zero attached hydrogens (tertiary/aromatic N) is 1. The number of hydrogen-bond acceptors (Lipinski definition) is 3. The van der Waals surface area contributed by atoms with Crippen LogP contribution >= 0.6 is 0 Å². The standard InChI is InChI=1S/C13H10FNO2/c14-9-6-4-8(5-7-9)13-15-12-10(16)2-1-3-11(12)17-13/h4-7H,1-3H2. The quantitative estimate of drug-likeness (QED) is 0.757. The van der Waals surface area contributed by atoms with Gasteiger partial charge >= 0.3 is 0 Å². The predicted octanol–water partition coefficient (Wildman–Crippen LogP) is 3.00. The summed E-state index contributed by atoms with van der Waals surface area (Å²) in [6.45, 7) is 0. The summed E-state index contributed by atoms with van der Waals surface area (Å²) in [4.78, 5) is 15.8. The lowest BCUT2D eigenvalue weighted by Crippen LogP contribution is -2.09. The van der Waals surface area contributed by atoms with Crippen LogP contribution in [0.15, 0.2) is 28.7 Å². The topological polar surface area (TPSA) is 43.1 Å². The number of carbonyl (C=O) groups excluding carboxylic acids is 1. The van der Waals surface area contributed by atoms with E-state index in [1.165, 1.54) is 12.1 Å². The van der Waals surface area contributed by atoms with E-state index in [1.807, 2.05) is 0 Å². The maximum atomic E-state index is 12.8. The van der Waals surface area contributed by atoms with E-state index in [9.17, 15) is 9.18 Å². The Kier molecular flexibility index (Phi) is 2.28. The summed E-state index contributed by atoms with van der Waals surface area (Å²) in [7, 11) is 0. The van der Waals surface area contributed by atoms with Gasteiger partial charge in [0.05, 0.1) is 0 Å². The van der Waals surface area contributed by atoms with Crippen LogP contribution in [-0.2, 0) is 6.42 Å². The van der Waals surface area contributed by atoms with Crippen molar-refractivity contribution in [3.8, 4) is 11.5 Å². The molecule has 0 spiro atoms. The Morgan fingerprint density at radius 1 is 1.18 bits per heavy atom. The van der Waals surface area contributed by atoms with Gasteiger partial charge in [0.1, 0.15) is 17.3 Å². The number of Topliss-reactive ketones (excluding diaryl/α,β-unsaturated/α-hetero) is 1. The number of oxazole rings is 1. The van der Waals surface area contributed by atoms with Crippen molar-refractivity contribution in [1.29, 1.82) is 0 Å². The number of ketones is 1. The van der Waals surface area contributed by atoms with Crippen molar-refractivity contribution >= 4 is 5.78 Å². The third kappa shape index (κ3) is 1.75. The zero-order chi connectivity index (χ0) is 11.8. The van der Waals surface area contributed by atoms with E-state index < -0.39 is 0 Å². The molecule has 86 valence electrons. The lowest BCUT2D eigenvalue weighted by atomic mass is 10.0. The minimum absolute atomic E-state index is 0.0309. The second-order valence-electron chi connectivity index (χ2n) is 4.07. The van der Waals surface area contributed by atoms with Crippen molar-refractivity contribution in [2.75, 3.05) is 0 Å². The van der Waals surface area contributed by atoms with Crippen molar-refractivity contribution in [3.63, 3.8) is 0 Å². The lowest BCUT2D eigenvalue weighted by molar-refractivity contribution is 0.0965. The molecule has 0 saturated carbocycles. The molecule has 0 atom stereocenters. The van der Waals surface area contributed by atoms with Crippen LogP contribution in [0.4, 0.5) is 4.39 Å². The van der Waals surface area contributed by atoms with Gasteiger partial charge in [0.2, 0.25) is 5.89 Å². The van der Waals surface area contributed by atoms with E-state index in [2.05, 4.69) is 4.98 Å². The summed E-state index contributed by atoms with van der Waals surface area (Å²) < 4.78 is 18.3. The number of aromatic nitrogens is 1. The van der Waals surface area contributed by atoms with E-state index in [-0.39, 0.29) is 11.6 Å². The van der Waals surface area contributed by atoms with E-state index in [0.717, 1.165) is 12.8 Å². The highest BCUT2D eigenvalue weighted by Crippen LogP contribution is 2.27. The molecule has 1 aliphatic rings. The highest BCUT2D eigenvalue weighted by Gasteiger charge is 2.24. The Morgan fingerprint density at radius 3 is 2.65 bits per heavy atom. The number of hydrogen-bond donors (Lipinski definition) is 0. The SMILES string of the molecule is O=C1CCCc2oc(-c3ccc(F)cc3)nc21. The third-order valence-electron chi connectivity index (χ3n) is 2.86. The molecule has 17 heavy (non-hydrogen) atoms. The first-order valence-electron chi connectivity index (χ1n) is 5.53. The van der Waals surface area contributed by atoms with E-state index >= 15 is 0 Å². The first-order valence-corrected chi connectivity index (χ1v) is 5.53. The summed E-state index contributed by atoms with van der Waals surface area (Å²) in [6, 6.07) is 5.88. The molecule has 0 N–H and O–H groups in total. The normalized spacial score (nSPS) is 14.8. The highest BCUT2D eigenvalue weighted by atomic mass is 19.1. The molecule has 1 heterocycles. The monoisotopic (exact) mass is 231 g/mol. The molecule has 3 rings (SSSR count). The molecule has 0 aliphatic heterocycles. The Bertz CT molecular complexity index is 572. The number of aryl methyl sites for hydroxylation is 1. The van der Waals surface area contributed by atoms with Crippen molar-refractivity contribution in [2.45, 2.75) is 19.3 Å². The molecule has 0 fully saturated rings. The molecule has 0 saturated heterocycles. The molecule has 1 aliphatic carbocycles. The second-order valence-corrected chi connectivity index (χ2v) is 4.07. The predicted molar refractivity (Wildman–Crippen MR) is 59.2 cm³/mol. The molecule has 2 aromatic rings. The number of halogens is 1. The van der Waals surface area contributed by atoms with Crippen molar-refractivity contribution in [3.05, 3.63) is 41.5 Å². The van der Waals surface area contributed by atoms with Crippen LogP contribution in [-0.4, -0.2) is 10.8 Å². The summed E-state index contributed by atoms with van der Waals surface area (Å²) in [5, 5.41) is 0. The van der Waals surface area contributed by atoms with E-state index in [4.69, 9.17) is 4.42 Å². The Labute approximate surface area is 97.3 Å². The zero-order valence-electron chi connectivity index (χ0n) is 9.07. The summed E-state index contributed by atoms with van der Waals surface area (Å²) in [6.07, 6.45) is 2.08. The molecule has 3 nitrogen and oxygen atoms in total. The second kappa shape index (κ2) is 3.80. The Balaban J connectivity index is 2.05. The maximum Gasteiger partial charge on any atom is 0.226 e. The van der Waals surface area contributed by atoms with Crippen molar-refractivity contribution < 1.29 is 13.6 Å². The first kappa shape index (κ1) is 10.2. The van der Waals surface area contributed by atoms with Gasteiger partial charge in [0, 0.05) is 18.4 Å². The summed E-state index contributed by atoms with van der Waals surface area (Å²) >= 11 is 0. The van der Waals surface area contributed by atoms with Crippen LogP contribution < -0.4 is 0 Å².